The maximum Gasteiger partial charge on any atom is 0.0959 e. The van der Waals surface area contributed by atoms with E-state index in [0.717, 1.165) is 6.42 Å². The summed E-state index contributed by atoms with van der Waals surface area (Å²) in [5, 5.41) is 3.59. The molecule has 3 heteroatoms. The Morgan fingerprint density at radius 1 is 1.38 bits per heavy atom. The number of nitrogens with zero attached hydrogens (tertiary/aromatic N) is 1. The van der Waals surface area contributed by atoms with Gasteiger partial charge in [-0.1, -0.05) is 13.8 Å². The van der Waals surface area contributed by atoms with Gasteiger partial charge in [-0.2, -0.15) is 0 Å². The summed E-state index contributed by atoms with van der Waals surface area (Å²) in [5.74, 6) is 1.39. The highest BCUT2D eigenvalue weighted by Gasteiger charge is 2.22. The molecule has 90 valence electrons. The number of aromatic nitrogens is 1. The SMILES string of the molecule is CC(C)Cc1csc(C2CCC(N)CC2)n1. The molecule has 1 saturated carbocycles. The van der Waals surface area contributed by atoms with E-state index in [-0.39, 0.29) is 0 Å². The molecule has 1 fully saturated rings. The van der Waals surface area contributed by atoms with Crippen molar-refractivity contribution in [2.45, 2.75) is 57.9 Å². The van der Waals surface area contributed by atoms with E-state index in [9.17, 15) is 0 Å². The van der Waals surface area contributed by atoms with Crippen LogP contribution >= 0.6 is 11.3 Å². The number of nitrogens with two attached hydrogens (primary N) is 1. The predicted octanol–water partition coefficient (Wildman–Crippen LogP) is 3.33. The van der Waals surface area contributed by atoms with Crippen LogP contribution < -0.4 is 5.73 Å². The molecular weight excluding hydrogens is 216 g/mol. The molecule has 2 N–H and O–H groups in total. The van der Waals surface area contributed by atoms with E-state index in [0.29, 0.717) is 17.9 Å². The van der Waals surface area contributed by atoms with Crippen LogP contribution in [0.2, 0.25) is 0 Å². The van der Waals surface area contributed by atoms with Crippen LogP contribution in [0, 0.1) is 5.92 Å². The summed E-state index contributed by atoms with van der Waals surface area (Å²) in [7, 11) is 0. The highest BCUT2D eigenvalue weighted by Crippen LogP contribution is 2.34. The highest BCUT2D eigenvalue weighted by molar-refractivity contribution is 7.09. The lowest BCUT2D eigenvalue weighted by Gasteiger charge is -2.24. The van der Waals surface area contributed by atoms with Crippen LogP contribution in [-0.2, 0) is 6.42 Å². The number of thiazole rings is 1. The first-order chi connectivity index (χ1) is 7.65. The zero-order chi connectivity index (χ0) is 11.5. The minimum absolute atomic E-state index is 0.436. The van der Waals surface area contributed by atoms with Gasteiger partial charge in [-0.3, -0.25) is 0 Å². The van der Waals surface area contributed by atoms with Gasteiger partial charge in [-0.05, 0) is 38.0 Å². The molecule has 0 unspecified atom stereocenters. The molecule has 0 aliphatic heterocycles. The summed E-state index contributed by atoms with van der Waals surface area (Å²) in [6, 6.07) is 0.436. The van der Waals surface area contributed by atoms with E-state index in [1.54, 1.807) is 0 Å². The minimum atomic E-state index is 0.436. The quantitative estimate of drug-likeness (QED) is 0.877. The molecule has 1 aliphatic carbocycles. The van der Waals surface area contributed by atoms with Gasteiger partial charge in [0.1, 0.15) is 0 Å². The van der Waals surface area contributed by atoms with Crippen molar-refractivity contribution in [3.63, 3.8) is 0 Å². The van der Waals surface area contributed by atoms with Gasteiger partial charge in [0, 0.05) is 17.3 Å². The van der Waals surface area contributed by atoms with Gasteiger partial charge in [0.15, 0.2) is 0 Å². The number of rotatable bonds is 3. The van der Waals surface area contributed by atoms with E-state index in [2.05, 4.69) is 19.2 Å². The third-order valence-corrected chi connectivity index (χ3v) is 4.36. The molecule has 2 nitrogen and oxygen atoms in total. The maximum atomic E-state index is 5.93. The average molecular weight is 238 g/mol. The van der Waals surface area contributed by atoms with E-state index in [1.165, 1.54) is 36.4 Å². The summed E-state index contributed by atoms with van der Waals surface area (Å²) in [4.78, 5) is 4.78. The normalized spacial score (nSPS) is 26.2. The second kappa shape index (κ2) is 5.28. The van der Waals surface area contributed by atoms with Crippen molar-refractivity contribution in [3.8, 4) is 0 Å². The zero-order valence-electron chi connectivity index (χ0n) is 10.3. The molecule has 1 aromatic heterocycles. The second-order valence-electron chi connectivity index (χ2n) is 5.39. The van der Waals surface area contributed by atoms with Crippen molar-refractivity contribution in [1.82, 2.24) is 4.98 Å². The van der Waals surface area contributed by atoms with Gasteiger partial charge in [-0.25, -0.2) is 4.98 Å². The van der Waals surface area contributed by atoms with Crippen molar-refractivity contribution in [2.75, 3.05) is 0 Å². The first kappa shape index (κ1) is 12.1. The Morgan fingerprint density at radius 2 is 2.06 bits per heavy atom. The second-order valence-corrected chi connectivity index (χ2v) is 6.28. The summed E-state index contributed by atoms with van der Waals surface area (Å²) in [6.45, 7) is 4.50. The lowest BCUT2D eigenvalue weighted by atomic mass is 9.87. The Kier molecular flexibility index (Phi) is 3.98. The fourth-order valence-corrected chi connectivity index (χ4v) is 3.39. The molecule has 1 aromatic rings. The summed E-state index contributed by atoms with van der Waals surface area (Å²) in [5.41, 5.74) is 7.21. The molecule has 2 rings (SSSR count). The van der Waals surface area contributed by atoms with Crippen LogP contribution in [0.3, 0.4) is 0 Å². The van der Waals surface area contributed by atoms with Crippen molar-refractivity contribution in [3.05, 3.63) is 16.1 Å². The van der Waals surface area contributed by atoms with Crippen molar-refractivity contribution in [1.29, 1.82) is 0 Å². The lowest BCUT2D eigenvalue weighted by molar-refractivity contribution is 0.394. The van der Waals surface area contributed by atoms with Gasteiger partial charge in [-0.15, -0.1) is 11.3 Å². The molecule has 1 aliphatic rings. The minimum Gasteiger partial charge on any atom is -0.328 e. The molecular formula is C13H22N2S. The topological polar surface area (TPSA) is 38.9 Å². The molecule has 1 heterocycles. The Balaban J connectivity index is 1.96. The van der Waals surface area contributed by atoms with Gasteiger partial charge in [0.05, 0.1) is 10.7 Å². The Labute approximate surface area is 102 Å². The van der Waals surface area contributed by atoms with E-state index in [1.807, 2.05) is 11.3 Å². The molecule has 0 bridgehead atoms. The van der Waals surface area contributed by atoms with Crippen LogP contribution in [0.5, 0.6) is 0 Å². The standard InChI is InChI=1S/C13H22N2S/c1-9(2)7-12-8-16-13(15-12)10-3-5-11(14)6-4-10/h8-11H,3-7,14H2,1-2H3. The van der Waals surface area contributed by atoms with Gasteiger partial charge in [0.2, 0.25) is 0 Å². The van der Waals surface area contributed by atoms with E-state index in [4.69, 9.17) is 10.7 Å². The van der Waals surface area contributed by atoms with Crippen LogP contribution in [0.15, 0.2) is 5.38 Å². The Hall–Kier alpha value is -0.410. The highest BCUT2D eigenvalue weighted by atomic mass is 32.1. The monoisotopic (exact) mass is 238 g/mol. The zero-order valence-corrected chi connectivity index (χ0v) is 11.1. The smallest absolute Gasteiger partial charge is 0.0959 e. The van der Waals surface area contributed by atoms with E-state index < -0.39 is 0 Å². The molecule has 16 heavy (non-hydrogen) atoms. The van der Waals surface area contributed by atoms with Gasteiger partial charge >= 0.3 is 0 Å². The maximum absolute atomic E-state index is 5.93. The third kappa shape index (κ3) is 3.05. The number of hydrogen-bond donors (Lipinski definition) is 1. The third-order valence-electron chi connectivity index (χ3n) is 3.31. The lowest BCUT2D eigenvalue weighted by Crippen LogP contribution is -2.25. The first-order valence-electron chi connectivity index (χ1n) is 6.35. The molecule has 0 amide bonds. The molecule has 0 spiro atoms. The molecule has 0 aromatic carbocycles. The molecule has 0 saturated heterocycles. The fourth-order valence-electron chi connectivity index (χ4n) is 2.39. The molecule has 0 atom stereocenters. The first-order valence-corrected chi connectivity index (χ1v) is 7.23. The Bertz CT molecular complexity index is 324. The van der Waals surface area contributed by atoms with Crippen LogP contribution in [-0.4, -0.2) is 11.0 Å². The van der Waals surface area contributed by atoms with Crippen LogP contribution in [0.1, 0.15) is 56.2 Å². The molecule has 0 radical (unpaired) electrons. The number of hydrogen-bond acceptors (Lipinski definition) is 3. The van der Waals surface area contributed by atoms with E-state index >= 15 is 0 Å². The van der Waals surface area contributed by atoms with Gasteiger partial charge in [0.25, 0.3) is 0 Å². The summed E-state index contributed by atoms with van der Waals surface area (Å²) < 4.78 is 0. The van der Waals surface area contributed by atoms with Crippen molar-refractivity contribution < 1.29 is 0 Å². The predicted molar refractivity (Wildman–Crippen MR) is 69.8 cm³/mol. The average Bonchev–Trinajstić information content (AvgIpc) is 2.66. The van der Waals surface area contributed by atoms with Crippen molar-refractivity contribution in [2.24, 2.45) is 11.7 Å². The van der Waals surface area contributed by atoms with Crippen molar-refractivity contribution >= 4 is 11.3 Å². The van der Waals surface area contributed by atoms with Crippen LogP contribution in [0.25, 0.3) is 0 Å². The van der Waals surface area contributed by atoms with Crippen LogP contribution in [0.4, 0.5) is 0 Å². The van der Waals surface area contributed by atoms with Gasteiger partial charge < -0.3 is 5.73 Å². The largest absolute Gasteiger partial charge is 0.328 e. The summed E-state index contributed by atoms with van der Waals surface area (Å²) >= 11 is 1.85. The fraction of sp³-hybridized carbons (Fsp3) is 0.769. The Morgan fingerprint density at radius 3 is 2.69 bits per heavy atom. The summed E-state index contributed by atoms with van der Waals surface area (Å²) in [6.07, 6.45) is 5.92.